The molecule has 0 aliphatic heterocycles. The average molecular weight is 313 g/mol. The molecule has 0 saturated carbocycles. The third kappa shape index (κ3) is 4.40. The van der Waals surface area contributed by atoms with Gasteiger partial charge in [0, 0.05) is 0 Å². The van der Waals surface area contributed by atoms with Crippen LogP contribution in [0, 0.1) is 0 Å². The Kier molecular flexibility index (Phi) is 4.74. The van der Waals surface area contributed by atoms with E-state index in [0.717, 1.165) is 12.1 Å². The quantitative estimate of drug-likeness (QED) is 0.560. The molecule has 17 heavy (non-hydrogen) atoms. The van der Waals surface area contributed by atoms with Crippen molar-refractivity contribution in [2.75, 3.05) is 0 Å². The summed E-state index contributed by atoms with van der Waals surface area (Å²) in [6, 6.07) is 1.97. The molecule has 0 saturated heterocycles. The maximum Gasteiger partial charge on any atom is 0.446 e. The molecule has 1 aromatic rings. The molecule has 96 valence electrons. The molecule has 1 aromatic carbocycles. The van der Waals surface area contributed by atoms with Gasteiger partial charge < -0.3 is 4.74 Å². The van der Waals surface area contributed by atoms with Crippen molar-refractivity contribution < 1.29 is 26.7 Å². The highest BCUT2D eigenvalue weighted by atomic mass is 35.5. The van der Waals surface area contributed by atoms with Crippen LogP contribution in [0.1, 0.15) is 0 Å². The van der Waals surface area contributed by atoms with Gasteiger partial charge in [0.2, 0.25) is 0 Å². The van der Waals surface area contributed by atoms with Crippen LogP contribution in [-0.4, -0.2) is 12.1 Å². The first-order chi connectivity index (χ1) is 7.70. The lowest BCUT2D eigenvalue weighted by Crippen LogP contribution is -2.06. The summed E-state index contributed by atoms with van der Waals surface area (Å²) >= 11 is 10.4. The van der Waals surface area contributed by atoms with Crippen molar-refractivity contribution in [1.29, 1.82) is 0 Å². The van der Waals surface area contributed by atoms with Crippen molar-refractivity contribution in [1.82, 2.24) is 0 Å². The standard InChI is InChI=1S/C8H3Cl2F5OS/c9-3-1-2-4(17-8(13,14)15)6(5(3)10)16-7(11)12/h1-2,7H. The van der Waals surface area contributed by atoms with Crippen molar-refractivity contribution in [3.8, 4) is 5.75 Å². The predicted octanol–water partition coefficient (Wildman–Crippen LogP) is 5.21. The summed E-state index contributed by atoms with van der Waals surface area (Å²) in [7, 11) is 0. The fourth-order valence-corrected chi connectivity index (χ4v) is 1.96. The van der Waals surface area contributed by atoms with Crippen LogP contribution < -0.4 is 4.74 Å². The monoisotopic (exact) mass is 312 g/mol. The molecule has 0 amide bonds. The van der Waals surface area contributed by atoms with Crippen LogP contribution in [0.3, 0.4) is 0 Å². The second-order valence-electron chi connectivity index (χ2n) is 2.61. The van der Waals surface area contributed by atoms with E-state index < -0.39 is 39.5 Å². The van der Waals surface area contributed by atoms with Crippen molar-refractivity contribution in [2.24, 2.45) is 0 Å². The molecule has 0 bridgehead atoms. The van der Waals surface area contributed by atoms with Gasteiger partial charge in [-0.05, 0) is 23.9 Å². The summed E-state index contributed by atoms with van der Waals surface area (Å²) in [6.07, 6.45) is 0. The average Bonchev–Trinajstić information content (AvgIpc) is 2.15. The van der Waals surface area contributed by atoms with Gasteiger partial charge in [0.05, 0.1) is 9.92 Å². The van der Waals surface area contributed by atoms with Crippen LogP contribution in [-0.2, 0) is 0 Å². The largest absolute Gasteiger partial charge is 0.446 e. The van der Waals surface area contributed by atoms with Crippen LogP contribution >= 0.6 is 35.0 Å². The van der Waals surface area contributed by atoms with Crippen LogP contribution in [0.4, 0.5) is 22.0 Å². The highest BCUT2D eigenvalue weighted by molar-refractivity contribution is 8.00. The highest BCUT2D eigenvalue weighted by Crippen LogP contribution is 2.46. The molecule has 0 radical (unpaired) electrons. The van der Waals surface area contributed by atoms with E-state index in [-0.39, 0.29) is 5.02 Å². The van der Waals surface area contributed by atoms with Gasteiger partial charge in [-0.15, -0.1) is 0 Å². The molecular weight excluding hydrogens is 310 g/mol. The predicted molar refractivity (Wildman–Crippen MR) is 55.0 cm³/mol. The summed E-state index contributed by atoms with van der Waals surface area (Å²) < 4.78 is 64.4. The first-order valence-electron chi connectivity index (χ1n) is 3.89. The van der Waals surface area contributed by atoms with Crippen molar-refractivity contribution >= 4 is 35.0 Å². The minimum atomic E-state index is -4.64. The first kappa shape index (κ1) is 14.7. The molecule has 0 N–H and O–H groups in total. The molecule has 9 heteroatoms. The van der Waals surface area contributed by atoms with Crippen molar-refractivity contribution in [3.63, 3.8) is 0 Å². The number of rotatable bonds is 3. The zero-order chi connectivity index (χ0) is 13.2. The van der Waals surface area contributed by atoms with Gasteiger partial charge in [0.1, 0.15) is 5.02 Å². The lowest BCUT2D eigenvalue weighted by Gasteiger charge is -2.13. The summed E-state index contributed by atoms with van der Waals surface area (Å²) in [5.74, 6) is -0.781. The Morgan fingerprint density at radius 2 is 1.76 bits per heavy atom. The summed E-state index contributed by atoms with van der Waals surface area (Å²) in [6.45, 7) is -3.29. The van der Waals surface area contributed by atoms with Crippen molar-refractivity contribution in [2.45, 2.75) is 17.0 Å². The van der Waals surface area contributed by atoms with Gasteiger partial charge in [0.15, 0.2) is 5.75 Å². The van der Waals surface area contributed by atoms with Crippen LogP contribution in [0.25, 0.3) is 0 Å². The van der Waals surface area contributed by atoms with E-state index in [1.807, 2.05) is 0 Å². The molecule has 0 atom stereocenters. The fraction of sp³-hybridized carbons (Fsp3) is 0.250. The maximum absolute atomic E-state index is 12.1. The van der Waals surface area contributed by atoms with E-state index >= 15 is 0 Å². The number of ether oxygens (including phenoxy) is 1. The molecule has 0 heterocycles. The van der Waals surface area contributed by atoms with Gasteiger partial charge in [-0.1, -0.05) is 23.2 Å². The lowest BCUT2D eigenvalue weighted by molar-refractivity contribution is -0.0527. The molecule has 0 aromatic heterocycles. The molecule has 0 fully saturated rings. The van der Waals surface area contributed by atoms with Gasteiger partial charge >= 0.3 is 12.1 Å². The molecular formula is C8H3Cl2F5OS. The number of alkyl halides is 5. The normalized spacial score (nSPS) is 12.0. The Balaban J connectivity index is 3.15. The number of hydrogen-bond acceptors (Lipinski definition) is 2. The number of hydrogen-bond donors (Lipinski definition) is 0. The third-order valence-corrected chi connectivity index (χ3v) is 3.01. The maximum atomic E-state index is 12.1. The SMILES string of the molecule is FC(F)Oc1c(SC(F)(F)F)ccc(Cl)c1Cl. The summed E-state index contributed by atoms with van der Waals surface area (Å²) in [4.78, 5) is -0.577. The molecule has 1 rings (SSSR count). The number of halogens is 7. The van der Waals surface area contributed by atoms with E-state index in [9.17, 15) is 22.0 Å². The van der Waals surface area contributed by atoms with E-state index in [1.165, 1.54) is 0 Å². The number of benzene rings is 1. The fourth-order valence-electron chi connectivity index (χ4n) is 0.918. The Morgan fingerprint density at radius 1 is 1.18 bits per heavy atom. The van der Waals surface area contributed by atoms with Gasteiger partial charge in [-0.2, -0.15) is 22.0 Å². The molecule has 0 aliphatic carbocycles. The second kappa shape index (κ2) is 5.49. The van der Waals surface area contributed by atoms with Crippen LogP contribution in [0.5, 0.6) is 5.75 Å². The van der Waals surface area contributed by atoms with Gasteiger partial charge in [0.25, 0.3) is 0 Å². The highest BCUT2D eigenvalue weighted by Gasteiger charge is 2.32. The Bertz CT molecular complexity index is 410. The van der Waals surface area contributed by atoms with Crippen LogP contribution in [0.15, 0.2) is 17.0 Å². The molecule has 1 nitrogen and oxygen atoms in total. The minimum Gasteiger partial charge on any atom is -0.432 e. The Hall–Kier alpha value is -0.400. The van der Waals surface area contributed by atoms with E-state index in [2.05, 4.69) is 4.74 Å². The van der Waals surface area contributed by atoms with Crippen LogP contribution in [0.2, 0.25) is 10.0 Å². The van der Waals surface area contributed by atoms with Crippen molar-refractivity contribution in [3.05, 3.63) is 22.2 Å². The Labute approximate surface area is 107 Å². The third-order valence-electron chi connectivity index (χ3n) is 1.45. The minimum absolute atomic E-state index is 0.172. The molecule has 0 unspecified atom stereocenters. The summed E-state index contributed by atoms with van der Waals surface area (Å²) in [5.41, 5.74) is -4.64. The summed E-state index contributed by atoms with van der Waals surface area (Å²) in [5, 5.41) is -0.657. The molecule has 0 aliphatic rings. The zero-order valence-corrected chi connectivity index (χ0v) is 10.0. The molecule has 0 spiro atoms. The van der Waals surface area contributed by atoms with E-state index in [0.29, 0.717) is 0 Å². The lowest BCUT2D eigenvalue weighted by atomic mass is 10.3. The van der Waals surface area contributed by atoms with Gasteiger partial charge in [-0.25, -0.2) is 0 Å². The second-order valence-corrected chi connectivity index (χ2v) is 4.51. The Morgan fingerprint density at radius 3 is 2.24 bits per heavy atom. The smallest absolute Gasteiger partial charge is 0.432 e. The number of thioether (sulfide) groups is 1. The zero-order valence-electron chi connectivity index (χ0n) is 7.69. The first-order valence-corrected chi connectivity index (χ1v) is 5.46. The van der Waals surface area contributed by atoms with E-state index in [1.54, 1.807) is 0 Å². The van der Waals surface area contributed by atoms with Gasteiger partial charge in [-0.3, -0.25) is 0 Å². The van der Waals surface area contributed by atoms with E-state index in [4.69, 9.17) is 23.2 Å². The topological polar surface area (TPSA) is 9.23 Å².